The van der Waals surface area contributed by atoms with E-state index in [1.807, 2.05) is 0 Å². The van der Waals surface area contributed by atoms with Crippen LogP contribution in [0, 0.1) is 0 Å². The summed E-state index contributed by atoms with van der Waals surface area (Å²) in [5.41, 5.74) is 8.92. The molecule has 1 aliphatic heterocycles. The number of piperazine rings is 1. The van der Waals surface area contributed by atoms with Crippen molar-refractivity contribution in [1.82, 2.24) is 4.90 Å². The van der Waals surface area contributed by atoms with E-state index in [-0.39, 0.29) is 6.04 Å². The Kier molecular flexibility index (Phi) is 6.08. The molecular weight excluding hydrogens is 326 g/mol. The summed E-state index contributed by atoms with van der Waals surface area (Å²) < 4.78 is 1.15. The van der Waals surface area contributed by atoms with Gasteiger partial charge < -0.3 is 10.6 Å². The van der Waals surface area contributed by atoms with Crippen molar-refractivity contribution in [2.24, 2.45) is 5.73 Å². The Hall–Kier alpha value is -0.580. The summed E-state index contributed by atoms with van der Waals surface area (Å²) in [6.07, 6.45) is 3.18. The molecule has 0 amide bonds. The van der Waals surface area contributed by atoms with Crippen LogP contribution in [0.1, 0.15) is 32.3 Å². The van der Waals surface area contributed by atoms with Gasteiger partial charge in [0.15, 0.2) is 0 Å². The molecule has 2 unspecified atom stereocenters. The van der Waals surface area contributed by atoms with Crippen molar-refractivity contribution in [2.75, 3.05) is 31.6 Å². The van der Waals surface area contributed by atoms with Crippen LogP contribution in [0.25, 0.3) is 0 Å². The van der Waals surface area contributed by atoms with Gasteiger partial charge >= 0.3 is 0 Å². The SMILES string of the molecule is CCC(N)Cc1ccc(Br)cc1N1CCN(C)C(CC)C1. The molecule has 1 aromatic rings. The van der Waals surface area contributed by atoms with E-state index < -0.39 is 0 Å². The average Bonchev–Trinajstić information content (AvgIpc) is 2.49. The molecular formula is C17H28BrN3. The summed E-state index contributed by atoms with van der Waals surface area (Å²) in [7, 11) is 2.24. The van der Waals surface area contributed by atoms with Crippen LogP contribution in [-0.2, 0) is 6.42 Å². The zero-order chi connectivity index (χ0) is 15.4. The molecule has 2 atom stereocenters. The standard InChI is InChI=1S/C17H28BrN3/c1-4-15(19)10-13-6-7-14(18)11-17(13)21-9-8-20(3)16(5-2)12-21/h6-7,11,15-16H,4-5,8-10,12,19H2,1-3H3. The molecule has 0 saturated carbocycles. The second-order valence-electron chi connectivity index (χ2n) is 6.13. The summed E-state index contributed by atoms with van der Waals surface area (Å²) in [6.45, 7) is 7.77. The van der Waals surface area contributed by atoms with Crippen molar-refractivity contribution >= 4 is 21.6 Å². The number of likely N-dealkylation sites (N-methyl/N-ethyl adjacent to an activating group) is 1. The zero-order valence-corrected chi connectivity index (χ0v) is 15.1. The molecule has 1 saturated heterocycles. The lowest BCUT2D eigenvalue weighted by molar-refractivity contribution is 0.213. The third kappa shape index (κ3) is 4.21. The highest BCUT2D eigenvalue weighted by Gasteiger charge is 2.24. The number of hydrogen-bond acceptors (Lipinski definition) is 3. The molecule has 1 fully saturated rings. The second kappa shape index (κ2) is 7.61. The van der Waals surface area contributed by atoms with Crippen molar-refractivity contribution in [1.29, 1.82) is 0 Å². The molecule has 0 aromatic heterocycles. The molecule has 3 nitrogen and oxygen atoms in total. The summed E-state index contributed by atoms with van der Waals surface area (Å²) in [5.74, 6) is 0. The van der Waals surface area contributed by atoms with E-state index in [2.05, 4.69) is 64.8 Å². The molecule has 1 aromatic carbocycles. The first-order chi connectivity index (χ1) is 10.0. The van der Waals surface area contributed by atoms with Crippen molar-refractivity contribution in [3.05, 3.63) is 28.2 Å². The van der Waals surface area contributed by atoms with Crippen LogP contribution < -0.4 is 10.6 Å². The van der Waals surface area contributed by atoms with E-state index in [1.54, 1.807) is 0 Å². The van der Waals surface area contributed by atoms with Crippen LogP contribution in [0.2, 0.25) is 0 Å². The van der Waals surface area contributed by atoms with Gasteiger partial charge in [-0.2, -0.15) is 0 Å². The topological polar surface area (TPSA) is 32.5 Å². The van der Waals surface area contributed by atoms with E-state index in [4.69, 9.17) is 5.73 Å². The number of nitrogens with zero attached hydrogens (tertiary/aromatic N) is 2. The zero-order valence-electron chi connectivity index (χ0n) is 13.5. The quantitative estimate of drug-likeness (QED) is 0.881. The lowest BCUT2D eigenvalue weighted by atomic mass is 10.0. The summed E-state index contributed by atoms with van der Waals surface area (Å²) in [4.78, 5) is 5.02. The molecule has 0 aliphatic carbocycles. The number of halogens is 1. The van der Waals surface area contributed by atoms with E-state index in [1.165, 1.54) is 17.7 Å². The Morgan fingerprint density at radius 3 is 2.76 bits per heavy atom. The highest BCUT2D eigenvalue weighted by Crippen LogP contribution is 2.28. The minimum Gasteiger partial charge on any atom is -0.368 e. The predicted octanol–water partition coefficient (Wildman–Crippen LogP) is 3.26. The number of benzene rings is 1. The molecule has 4 heteroatoms. The molecule has 2 rings (SSSR count). The van der Waals surface area contributed by atoms with Gasteiger partial charge in [0.2, 0.25) is 0 Å². The first kappa shape index (κ1) is 16.8. The summed E-state index contributed by atoms with van der Waals surface area (Å²) >= 11 is 3.62. The molecule has 0 bridgehead atoms. The first-order valence-electron chi connectivity index (χ1n) is 8.04. The van der Waals surface area contributed by atoms with Crippen LogP contribution in [0.15, 0.2) is 22.7 Å². The van der Waals surface area contributed by atoms with Crippen molar-refractivity contribution in [3.8, 4) is 0 Å². The second-order valence-corrected chi connectivity index (χ2v) is 7.05. The fourth-order valence-corrected chi connectivity index (χ4v) is 3.39. The minimum atomic E-state index is 0.249. The lowest BCUT2D eigenvalue weighted by Crippen LogP contribution is -2.51. The van der Waals surface area contributed by atoms with Gasteiger partial charge in [-0.1, -0.05) is 35.8 Å². The van der Waals surface area contributed by atoms with E-state index in [0.29, 0.717) is 6.04 Å². The Morgan fingerprint density at radius 1 is 1.33 bits per heavy atom. The van der Waals surface area contributed by atoms with Gasteiger partial charge in [0.25, 0.3) is 0 Å². The lowest BCUT2D eigenvalue weighted by Gasteiger charge is -2.41. The van der Waals surface area contributed by atoms with Gasteiger partial charge in [-0.15, -0.1) is 0 Å². The Bertz CT molecular complexity index is 463. The predicted molar refractivity (Wildman–Crippen MR) is 95.0 cm³/mol. The van der Waals surface area contributed by atoms with Gasteiger partial charge in [0.1, 0.15) is 0 Å². The minimum absolute atomic E-state index is 0.249. The molecule has 2 N–H and O–H groups in total. The van der Waals surface area contributed by atoms with Crippen molar-refractivity contribution < 1.29 is 0 Å². The third-order valence-electron chi connectivity index (χ3n) is 4.64. The van der Waals surface area contributed by atoms with Crippen LogP contribution in [-0.4, -0.2) is 43.7 Å². The fourth-order valence-electron chi connectivity index (χ4n) is 3.04. The van der Waals surface area contributed by atoms with Crippen LogP contribution in [0.5, 0.6) is 0 Å². The smallest absolute Gasteiger partial charge is 0.0411 e. The van der Waals surface area contributed by atoms with Crippen LogP contribution in [0.4, 0.5) is 5.69 Å². The van der Waals surface area contributed by atoms with Gasteiger partial charge in [-0.05, 0) is 44.0 Å². The molecule has 1 aliphatic rings. The largest absolute Gasteiger partial charge is 0.368 e. The Labute approximate surface area is 137 Å². The van der Waals surface area contributed by atoms with E-state index >= 15 is 0 Å². The molecule has 21 heavy (non-hydrogen) atoms. The molecule has 1 heterocycles. The normalized spacial score (nSPS) is 21.6. The van der Waals surface area contributed by atoms with Gasteiger partial charge in [-0.3, -0.25) is 4.90 Å². The number of hydrogen-bond donors (Lipinski definition) is 1. The number of rotatable bonds is 5. The highest BCUT2D eigenvalue weighted by molar-refractivity contribution is 9.10. The van der Waals surface area contributed by atoms with Gasteiger partial charge in [-0.25, -0.2) is 0 Å². The van der Waals surface area contributed by atoms with Crippen LogP contribution >= 0.6 is 15.9 Å². The maximum atomic E-state index is 6.18. The first-order valence-corrected chi connectivity index (χ1v) is 8.83. The average molecular weight is 354 g/mol. The van der Waals surface area contributed by atoms with E-state index in [0.717, 1.165) is 36.9 Å². The molecule has 0 radical (unpaired) electrons. The van der Waals surface area contributed by atoms with Gasteiger partial charge in [0, 0.05) is 41.9 Å². The fraction of sp³-hybridized carbons (Fsp3) is 0.647. The van der Waals surface area contributed by atoms with E-state index in [9.17, 15) is 0 Å². The van der Waals surface area contributed by atoms with Crippen molar-refractivity contribution in [3.63, 3.8) is 0 Å². The maximum absolute atomic E-state index is 6.18. The Morgan fingerprint density at radius 2 is 2.10 bits per heavy atom. The molecule has 0 spiro atoms. The number of nitrogens with two attached hydrogens (primary N) is 1. The number of anilines is 1. The third-order valence-corrected chi connectivity index (χ3v) is 5.14. The van der Waals surface area contributed by atoms with Crippen LogP contribution in [0.3, 0.4) is 0 Å². The van der Waals surface area contributed by atoms with Crippen molar-refractivity contribution in [2.45, 2.75) is 45.2 Å². The summed E-state index contributed by atoms with van der Waals surface area (Å²) in [6, 6.07) is 7.52. The summed E-state index contributed by atoms with van der Waals surface area (Å²) in [5, 5.41) is 0. The highest BCUT2D eigenvalue weighted by atomic mass is 79.9. The maximum Gasteiger partial charge on any atom is 0.0411 e. The molecule has 118 valence electrons. The Balaban J connectivity index is 2.23. The monoisotopic (exact) mass is 353 g/mol. The van der Waals surface area contributed by atoms with Gasteiger partial charge in [0.05, 0.1) is 0 Å².